The van der Waals surface area contributed by atoms with Gasteiger partial charge in [0.2, 0.25) is 5.79 Å². The molecule has 2 rings (SSSR count). The van der Waals surface area contributed by atoms with Crippen LogP contribution in [0.3, 0.4) is 0 Å². The predicted molar refractivity (Wildman–Crippen MR) is 86.1 cm³/mol. The van der Waals surface area contributed by atoms with Crippen LogP contribution in [0.15, 0.2) is 35.9 Å². The maximum absolute atomic E-state index is 11.1. The second kappa shape index (κ2) is 7.15. The molecule has 1 aliphatic carbocycles. The average Bonchev–Trinajstić information content (AvgIpc) is 2.80. The summed E-state index contributed by atoms with van der Waals surface area (Å²) in [6.45, 7) is 3.85. The zero-order valence-electron chi connectivity index (χ0n) is 13.5. The van der Waals surface area contributed by atoms with Gasteiger partial charge in [0.25, 0.3) is 0 Å². The number of benzene rings is 1. The highest BCUT2D eigenvalue weighted by Crippen LogP contribution is 2.40. The van der Waals surface area contributed by atoms with Gasteiger partial charge < -0.3 is 20.1 Å². The van der Waals surface area contributed by atoms with Crippen molar-refractivity contribution in [1.29, 1.82) is 0 Å². The van der Waals surface area contributed by atoms with Gasteiger partial charge in [-0.05, 0) is 37.5 Å². The fourth-order valence-corrected chi connectivity index (χ4v) is 3.12. The fraction of sp³-hybridized carbons (Fsp3) is 0.500. The lowest BCUT2D eigenvalue weighted by Crippen LogP contribution is -2.41. The van der Waals surface area contributed by atoms with Crippen LogP contribution in [0.4, 0.5) is 0 Å². The number of hydrogen-bond donors (Lipinski definition) is 3. The number of aliphatic hydroxyl groups excluding tert-OH is 1. The molecule has 126 valence electrons. The molecule has 0 radical (unpaired) electrons. The van der Waals surface area contributed by atoms with Crippen molar-refractivity contribution >= 4 is 5.97 Å². The highest BCUT2D eigenvalue weighted by Gasteiger charge is 2.43. The van der Waals surface area contributed by atoms with Crippen molar-refractivity contribution in [3.05, 3.63) is 41.5 Å². The van der Waals surface area contributed by atoms with E-state index in [1.54, 1.807) is 12.1 Å². The molecule has 0 aliphatic heterocycles. The SMILES string of the molecule is CCCC(O)(Oc1cccc(C)c1)C1=CCC(O)C1CC(=O)O. The number of aryl methyl sites for hydroxylation is 1. The van der Waals surface area contributed by atoms with Crippen LogP contribution in [0.1, 0.15) is 38.2 Å². The zero-order valence-corrected chi connectivity index (χ0v) is 13.5. The number of hydrogen-bond acceptors (Lipinski definition) is 4. The van der Waals surface area contributed by atoms with Crippen molar-refractivity contribution in [3.63, 3.8) is 0 Å². The van der Waals surface area contributed by atoms with Crippen LogP contribution in [-0.2, 0) is 4.79 Å². The third kappa shape index (κ3) is 4.12. The van der Waals surface area contributed by atoms with Crippen molar-refractivity contribution in [1.82, 2.24) is 0 Å². The Kier molecular flexibility index (Phi) is 5.44. The number of carboxylic acid groups (broad SMARTS) is 1. The average molecular weight is 320 g/mol. The first kappa shape index (κ1) is 17.5. The zero-order chi connectivity index (χ0) is 17.0. The quantitative estimate of drug-likeness (QED) is 0.531. The molecule has 3 unspecified atom stereocenters. The molecule has 5 heteroatoms. The molecule has 1 aliphatic rings. The van der Waals surface area contributed by atoms with Crippen molar-refractivity contribution in [3.8, 4) is 5.75 Å². The van der Waals surface area contributed by atoms with Crippen LogP contribution in [0, 0.1) is 12.8 Å². The van der Waals surface area contributed by atoms with Gasteiger partial charge in [0.1, 0.15) is 5.75 Å². The summed E-state index contributed by atoms with van der Waals surface area (Å²) in [5, 5.41) is 30.2. The molecule has 23 heavy (non-hydrogen) atoms. The van der Waals surface area contributed by atoms with Gasteiger partial charge in [-0.25, -0.2) is 0 Å². The van der Waals surface area contributed by atoms with Crippen molar-refractivity contribution in [2.45, 2.75) is 51.4 Å². The first-order chi connectivity index (χ1) is 10.9. The number of carboxylic acids is 1. The minimum atomic E-state index is -1.60. The minimum absolute atomic E-state index is 0.226. The third-order valence-corrected chi connectivity index (χ3v) is 4.15. The standard InChI is InChI=1S/C18H24O5/c1-3-9-18(22,23-13-6-4-5-12(2)10-13)15-7-8-16(19)14(15)11-17(20)21/h4-7,10,14,16,19,22H,3,8-9,11H2,1-2H3,(H,20,21). The van der Waals surface area contributed by atoms with Crippen LogP contribution in [0.2, 0.25) is 0 Å². The molecule has 0 saturated heterocycles. The van der Waals surface area contributed by atoms with E-state index in [1.807, 2.05) is 32.0 Å². The number of ether oxygens (including phenoxy) is 1. The molecule has 1 aromatic rings. The Morgan fingerprint density at radius 2 is 2.17 bits per heavy atom. The predicted octanol–water partition coefficient (Wildman–Crippen LogP) is 2.64. The van der Waals surface area contributed by atoms with E-state index in [9.17, 15) is 15.0 Å². The van der Waals surface area contributed by atoms with E-state index >= 15 is 0 Å². The molecule has 0 bridgehead atoms. The van der Waals surface area contributed by atoms with Gasteiger partial charge in [-0.15, -0.1) is 0 Å². The largest absolute Gasteiger partial charge is 0.481 e. The monoisotopic (exact) mass is 320 g/mol. The van der Waals surface area contributed by atoms with Crippen LogP contribution >= 0.6 is 0 Å². The van der Waals surface area contributed by atoms with E-state index in [-0.39, 0.29) is 6.42 Å². The molecule has 0 saturated carbocycles. The van der Waals surface area contributed by atoms with Crippen molar-refractivity contribution in [2.24, 2.45) is 5.92 Å². The number of carbonyl (C=O) groups is 1. The highest BCUT2D eigenvalue weighted by molar-refractivity contribution is 5.68. The number of aliphatic carboxylic acids is 1. The second-order valence-corrected chi connectivity index (χ2v) is 6.12. The van der Waals surface area contributed by atoms with Crippen LogP contribution in [0.25, 0.3) is 0 Å². The van der Waals surface area contributed by atoms with E-state index in [4.69, 9.17) is 9.84 Å². The molecule has 0 aromatic heterocycles. The molecule has 5 nitrogen and oxygen atoms in total. The minimum Gasteiger partial charge on any atom is -0.481 e. The lowest BCUT2D eigenvalue weighted by atomic mass is 9.88. The fourth-order valence-electron chi connectivity index (χ4n) is 3.12. The molecule has 0 heterocycles. The van der Waals surface area contributed by atoms with E-state index in [2.05, 4.69) is 0 Å². The molecule has 3 N–H and O–H groups in total. The summed E-state index contributed by atoms with van der Waals surface area (Å²) in [5.74, 6) is -2.71. The van der Waals surface area contributed by atoms with Gasteiger partial charge in [-0.3, -0.25) is 4.79 Å². The molecule has 0 spiro atoms. The van der Waals surface area contributed by atoms with Gasteiger partial charge in [-0.2, -0.15) is 0 Å². The Morgan fingerprint density at radius 3 is 2.78 bits per heavy atom. The van der Waals surface area contributed by atoms with Crippen molar-refractivity contribution in [2.75, 3.05) is 0 Å². The van der Waals surface area contributed by atoms with Crippen molar-refractivity contribution < 1.29 is 24.9 Å². The van der Waals surface area contributed by atoms with Gasteiger partial charge in [0.05, 0.1) is 12.5 Å². The molecule has 0 amide bonds. The summed E-state index contributed by atoms with van der Waals surface area (Å²) in [4.78, 5) is 11.1. The van der Waals surface area contributed by atoms with E-state index in [1.165, 1.54) is 0 Å². The summed E-state index contributed by atoms with van der Waals surface area (Å²) in [6, 6.07) is 7.34. The van der Waals surface area contributed by atoms with E-state index in [0.29, 0.717) is 30.6 Å². The Balaban J connectivity index is 2.30. The molecule has 3 atom stereocenters. The maximum Gasteiger partial charge on any atom is 0.304 e. The van der Waals surface area contributed by atoms with Crippen LogP contribution in [0.5, 0.6) is 5.75 Å². The highest BCUT2D eigenvalue weighted by atomic mass is 16.6. The van der Waals surface area contributed by atoms with Gasteiger partial charge in [0, 0.05) is 17.9 Å². The molecular weight excluding hydrogens is 296 g/mol. The van der Waals surface area contributed by atoms with Gasteiger partial charge in [-0.1, -0.05) is 25.1 Å². The number of rotatable bonds is 7. The third-order valence-electron chi connectivity index (χ3n) is 4.15. The summed E-state index contributed by atoms with van der Waals surface area (Å²) in [7, 11) is 0. The first-order valence-corrected chi connectivity index (χ1v) is 7.94. The molecular formula is C18H24O5. The summed E-state index contributed by atoms with van der Waals surface area (Å²) >= 11 is 0. The maximum atomic E-state index is 11.1. The normalized spacial score (nSPS) is 23.2. The first-order valence-electron chi connectivity index (χ1n) is 7.94. The van der Waals surface area contributed by atoms with E-state index < -0.39 is 23.8 Å². The molecule has 0 fully saturated rings. The number of aliphatic hydroxyl groups is 2. The molecule has 1 aromatic carbocycles. The Bertz CT molecular complexity index is 595. The van der Waals surface area contributed by atoms with Crippen LogP contribution < -0.4 is 4.74 Å². The van der Waals surface area contributed by atoms with Gasteiger partial charge >= 0.3 is 5.97 Å². The second-order valence-electron chi connectivity index (χ2n) is 6.12. The summed E-state index contributed by atoms with van der Waals surface area (Å²) in [5.41, 5.74) is 1.47. The lowest BCUT2D eigenvalue weighted by Gasteiger charge is -2.34. The van der Waals surface area contributed by atoms with Gasteiger partial charge in [0.15, 0.2) is 0 Å². The Hall–Kier alpha value is -1.85. The smallest absolute Gasteiger partial charge is 0.304 e. The topological polar surface area (TPSA) is 87.0 Å². The summed E-state index contributed by atoms with van der Waals surface area (Å²) < 4.78 is 5.85. The summed E-state index contributed by atoms with van der Waals surface area (Å²) in [6.07, 6.45) is 2.01. The van der Waals surface area contributed by atoms with E-state index in [0.717, 1.165) is 5.56 Å². The van der Waals surface area contributed by atoms with Crippen LogP contribution in [-0.4, -0.2) is 33.2 Å². The Labute approximate surface area is 136 Å². The lowest BCUT2D eigenvalue weighted by molar-refractivity contribution is -0.140. The Morgan fingerprint density at radius 1 is 1.43 bits per heavy atom.